The van der Waals surface area contributed by atoms with E-state index in [9.17, 15) is 0 Å². The number of rotatable bonds is 0. The molecule has 0 saturated carbocycles. The van der Waals surface area contributed by atoms with Crippen LogP contribution in [0.1, 0.15) is 19.3 Å². The average Bonchev–Trinajstić information content (AvgIpc) is 2.47. The van der Waals surface area contributed by atoms with Crippen LogP contribution in [-0.2, 0) is 4.84 Å². The van der Waals surface area contributed by atoms with Crippen LogP contribution in [0.2, 0.25) is 0 Å². The van der Waals surface area contributed by atoms with Gasteiger partial charge >= 0.3 is 0 Å². The van der Waals surface area contributed by atoms with Crippen molar-refractivity contribution in [1.29, 1.82) is 5.26 Å². The standard InChI is InChI=1S/C8H12N2O/c9-5-7-6-11-10-4-2-1-3-8(7)10/h7-8H,1-4,6H2/t7-,8-/m1/s1. The molecular weight excluding hydrogens is 140 g/mol. The first-order valence-corrected chi connectivity index (χ1v) is 4.21. The minimum Gasteiger partial charge on any atom is -0.297 e. The van der Waals surface area contributed by atoms with Crippen molar-refractivity contribution >= 4 is 0 Å². The minimum absolute atomic E-state index is 0.121. The lowest BCUT2D eigenvalue weighted by atomic mass is 9.95. The summed E-state index contributed by atoms with van der Waals surface area (Å²) in [4.78, 5) is 5.37. The summed E-state index contributed by atoms with van der Waals surface area (Å²) in [6.45, 7) is 1.63. The van der Waals surface area contributed by atoms with Gasteiger partial charge in [-0.05, 0) is 12.8 Å². The lowest BCUT2D eigenvalue weighted by Crippen LogP contribution is -2.35. The van der Waals surface area contributed by atoms with Gasteiger partial charge in [0.05, 0.1) is 24.6 Å². The van der Waals surface area contributed by atoms with Crippen molar-refractivity contribution in [3.8, 4) is 6.07 Å². The number of piperidine rings is 1. The molecule has 2 heterocycles. The van der Waals surface area contributed by atoms with E-state index in [1.165, 1.54) is 12.8 Å². The fourth-order valence-corrected chi connectivity index (χ4v) is 1.90. The first kappa shape index (κ1) is 7.08. The van der Waals surface area contributed by atoms with Crippen molar-refractivity contribution in [2.45, 2.75) is 25.3 Å². The lowest BCUT2D eigenvalue weighted by Gasteiger charge is -2.27. The van der Waals surface area contributed by atoms with Crippen molar-refractivity contribution in [3.05, 3.63) is 0 Å². The van der Waals surface area contributed by atoms with Crippen molar-refractivity contribution in [2.75, 3.05) is 13.2 Å². The van der Waals surface area contributed by atoms with Crippen LogP contribution in [0.4, 0.5) is 0 Å². The Balaban J connectivity index is 2.05. The molecule has 60 valence electrons. The third kappa shape index (κ3) is 1.13. The van der Waals surface area contributed by atoms with Crippen LogP contribution in [0.5, 0.6) is 0 Å². The maximum absolute atomic E-state index is 8.75. The second-order valence-corrected chi connectivity index (χ2v) is 3.24. The highest BCUT2D eigenvalue weighted by Gasteiger charge is 2.36. The predicted octanol–water partition coefficient (Wildman–Crippen LogP) is 0.926. The molecule has 0 unspecified atom stereocenters. The first-order valence-electron chi connectivity index (χ1n) is 4.21. The summed E-state index contributed by atoms with van der Waals surface area (Å²) in [5, 5.41) is 10.7. The Morgan fingerprint density at radius 1 is 1.45 bits per heavy atom. The zero-order valence-corrected chi connectivity index (χ0v) is 6.49. The molecule has 0 N–H and O–H groups in total. The summed E-state index contributed by atoms with van der Waals surface area (Å²) in [6.07, 6.45) is 3.61. The van der Waals surface area contributed by atoms with E-state index in [2.05, 4.69) is 6.07 Å². The Morgan fingerprint density at radius 3 is 3.18 bits per heavy atom. The summed E-state index contributed by atoms with van der Waals surface area (Å²) in [5.74, 6) is 0.121. The largest absolute Gasteiger partial charge is 0.297 e. The summed E-state index contributed by atoms with van der Waals surface area (Å²) in [6, 6.07) is 2.69. The summed E-state index contributed by atoms with van der Waals surface area (Å²) >= 11 is 0. The smallest absolute Gasteiger partial charge is 0.0895 e. The molecule has 11 heavy (non-hydrogen) atoms. The van der Waals surface area contributed by atoms with Crippen molar-refractivity contribution in [3.63, 3.8) is 0 Å². The zero-order valence-electron chi connectivity index (χ0n) is 6.49. The fraction of sp³-hybridized carbons (Fsp3) is 0.875. The van der Waals surface area contributed by atoms with Gasteiger partial charge in [0.15, 0.2) is 0 Å². The number of hydroxylamine groups is 2. The molecule has 2 rings (SSSR count). The van der Waals surface area contributed by atoms with E-state index >= 15 is 0 Å². The van der Waals surface area contributed by atoms with E-state index in [0.29, 0.717) is 12.6 Å². The van der Waals surface area contributed by atoms with E-state index in [1.807, 2.05) is 5.06 Å². The normalized spacial score (nSPS) is 38.1. The van der Waals surface area contributed by atoms with Crippen molar-refractivity contribution in [1.82, 2.24) is 5.06 Å². The molecule has 2 aliphatic heterocycles. The van der Waals surface area contributed by atoms with Crippen LogP contribution >= 0.6 is 0 Å². The molecule has 0 aromatic rings. The third-order valence-electron chi connectivity index (χ3n) is 2.55. The molecule has 0 aromatic heterocycles. The molecule has 2 fully saturated rings. The summed E-state index contributed by atoms with van der Waals surface area (Å²) in [7, 11) is 0. The molecule has 0 amide bonds. The topological polar surface area (TPSA) is 36.3 Å². The number of nitrogens with zero attached hydrogens (tertiary/aromatic N) is 2. The van der Waals surface area contributed by atoms with Crippen LogP contribution in [0, 0.1) is 17.2 Å². The highest BCUT2D eigenvalue weighted by atomic mass is 16.7. The van der Waals surface area contributed by atoms with Gasteiger partial charge in [-0.25, -0.2) is 0 Å². The summed E-state index contributed by atoms with van der Waals surface area (Å²) in [5.41, 5.74) is 0. The third-order valence-corrected chi connectivity index (χ3v) is 2.55. The number of hydrogen-bond acceptors (Lipinski definition) is 3. The molecule has 2 saturated heterocycles. The molecule has 0 radical (unpaired) electrons. The SMILES string of the molecule is N#C[C@@H]1CON2CCCC[C@H]12. The molecule has 3 heteroatoms. The van der Waals surface area contributed by atoms with Gasteiger partial charge in [0.2, 0.25) is 0 Å². The van der Waals surface area contributed by atoms with Crippen molar-refractivity contribution in [2.24, 2.45) is 5.92 Å². The van der Waals surface area contributed by atoms with Crippen LogP contribution in [0.15, 0.2) is 0 Å². The van der Waals surface area contributed by atoms with Gasteiger partial charge in [0.1, 0.15) is 0 Å². The van der Waals surface area contributed by atoms with E-state index in [4.69, 9.17) is 10.1 Å². The van der Waals surface area contributed by atoms with Gasteiger partial charge in [-0.15, -0.1) is 0 Å². The second kappa shape index (κ2) is 2.80. The monoisotopic (exact) mass is 152 g/mol. The molecule has 0 aromatic carbocycles. The van der Waals surface area contributed by atoms with E-state index in [-0.39, 0.29) is 5.92 Å². The maximum Gasteiger partial charge on any atom is 0.0895 e. The van der Waals surface area contributed by atoms with Gasteiger partial charge < -0.3 is 0 Å². The maximum atomic E-state index is 8.75. The van der Waals surface area contributed by atoms with Gasteiger partial charge in [0.25, 0.3) is 0 Å². The Kier molecular flexibility index (Phi) is 1.80. The quantitative estimate of drug-likeness (QED) is 0.518. The van der Waals surface area contributed by atoms with Crippen LogP contribution < -0.4 is 0 Å². The second-order valence-electron chi connectivity index (χ2n) is 3.24. The van der Waals surface area contributed by atoms with Crippen LogP contribution in [-0.4, -0.2) is 24.3 Å². The number of nitriles is 1. The van der Waals surface area contributed by atoms with Gasteiger partial charge in [-0.1, -0.05) is 6.42 Å². The Morgan fingerprint density at radius 2 is 2.36 bits per heavy atom. The lowest BCUT2D eigenvalue weighted by molar-refractivity contribution is -0.142. The van der Waals surface area contributed by atoms with Gasteiger partial charge in [-0.2, -0.15) is 10.3 Å². The van der Waals surface area contributed by atoms with E-state index < -0.39 is 0 Å². The zero-order chi connectivity index (χ0) is 7.68. The Hall–Kier alpha value is -0.590. The van der Waals surface area contributed by atoms with E-state index in [1.54, 1.807) is 0 Å². The molecule has 0 bridgehead atoms. The Labute approximate surface area is 66.5 Å². The number of fused-ring (bicyclic) bond motifs is 1. The predicted molar refractivity (Wildman–Crippen MR) is 39.4 cm³/mol. The van der Waals surface area contributed by atoms with Gasteiger partial charge in [0, 0.05) is 6.54 Å². The van der Waals surface area contributed by atoms with Gasteiger partial charge in [-0.3, -0.25) is 4.84 Å². The first-order chi connectivity index (χ1) is 5.42. The minimum atomic E-state index is 0.121. The van der Waals surface area contributed by atoms with Crippen LogP contribution in [0.3, 0.4) is 0 Å². The average molecular weight is 152 g/mol. The number of hydrogen-bond donors (Lipinski definition) is 0. The molecule has 0 spiro atoms. The highest BCUT2D eigenvalue weighted by molar-refractivity contribution is 4.95. The molecule has 2 aliphatic rings. The summed E-state index contributed by atoms with van der Waals surface area (Å²) < 4.78 is 0. The molecule has 3 nitrogen and oxygen atoms in total. The van der Waals surface area contributed by atoms with Crippen LogP contribution in [0.25, 0.3) is 0 Å². The fourth-order valence-electron chi connectivity index (χ4n) is 1.90. The molecule has 0 aliphatic carbocycles. The van der Waals surface area contributed by atoms with Crippen molar-refractivity contribution < 1.29 is 4.84 Å². The Bertz CT molecular complexity index is 187. The highest BCUT2D eigenvalue weighted by Crippen LogP contribution is 2.28. The molecular formula is C8H12N2O. The molecule has 2 atom stereocenters. The van der Waals surface area contributed by atoms with E-state index in [0.717, 1.165) is 13.0 Å².